The lowest BCUT2D eigenvalue weighted by molar-refractivity contribution is -0.126. The number of nitrogens with one attached hydrogen (secondary N) is 1. The summed E-state index contributed by atoms with van der Waals surface area (Å²) in [6.45, 7) is 2.23. The number of β-amino-alcohol motifs (C(OH)–C–C–N with tert-alkyl or cyclic N) is 1. The zero-order valence-electron chi connectivity index (χ0n) is 11.9. The van der Waals surface area contributed by atoms with Crippen LogP contribution in [0.3, 0.4) is 0 Å². The van der Waals surface area contributed by atoms with Crippen LogP contribution in [0.2, 0.25) is 0 Å². The van der Waals surface area contributed by atoms with E-state index in [1.54, 1.807) is 13.1 Å². The van der Waals surface area contributed by atoms with Gasteiger partial charge in [0.05, 0.1) is 6.10 Å². The first-order valence-corrected chi connectivity index (χ1v) is 7.08. The monoisotopic (exact) mass is 277 g/mol. The Balaban J connectivity index is 1.87. The zero-order chi connectivity index (χ0) is 14.5. The van der Waals surface area contributed by atoms with Gasteiger partial charge in [0.1, 0.15) is 0 Å². The van der Waals surface area contributed by atoms with Crippen LogP contribution in [0.4, 0.5) is 5.69 Å². The molecule has 5 heteroatoms. The number of piperidine rings is 1. The third-order valence-electron chi connectivity index (χ3n) is 3.99. The zero-order valence-corrected chi connectivity index (χ0v) is 11.9. The summed E-state index contributed by atoms with van der Waals surface area (Å²) >= 11 is 0. The van der Waals surface area contributed by atoms with Crippen LogP contribution in [0.25, 0.3) is 0 Å². The highest BCUT2D eigenvalue weighted by atomic mass is 16.3. The number of hydrogen-bond donors (Lipinski definition) is 3. The SMILES string of the molecule is CNC(=O)C1CCN(CC(O)c2ccccc2N)CC1. The average molecular weight is 277 g/mol. The van der Waals surface area contributed by atoms with Gasteiger partial charge in [0.25, 0.3) is 0 Å². The molecule has 1 amide bonds. The molecule has 1 heterocycles. The Bertz CT molecular complexity index is 456. The average Bonchev–Trinajstić information content (AvgIpc) is 2.47. The fourth-order valence-electron chi connectivity index (χ4n) is 2.74. The predicted octanol–water partition coefficient (Wildman–Crippen LogP) is 0.760. The highest BCUT2D eigenvalue weighted by Gasteiger charge is 2.25. The topological polar surface area (TPSA) is 78.6 Å². The van der Waals surface area contributed by atoms with E-state index in [4.69, 9.17) is 5.73 Å². The van der Waals surface area contributed by atoms with Gasteiger partial charge in [-0.3, -0.25) is 4.79 Å². The van der Waals surface area contributed by atoms with Crippen molar-refractivity contribution in [2.75, 3.05) is 32.4 Å². The fraction of sp³-hybridized carbons (Fsp3) is 0.533. The number of likely N-dealkylation sites (tertiary alicyclic amines) is 1. The van der Waals surface area contributed by atoms with Crippen LogP contribution in [0.5, 0.6) is 0 Å². The number of carbonyl (C=O) groups excluding carboxylic acids is 1. The van der Waals surface area contributed by atoms with Gasteiger partial charge in [-0.2, -0.15) is 0 Å². The predicted molar refractivity (Wildman–Crippen MR) is 79.0 cm³/mol. The van der Waals surface area contributed by atoms with Gasteiger partial charge >= 0.3 is 0 Å². The van der Waals surface area contributed by atoms with E-state index in [2.05, 4.69) is 10.2 Å². The molecule has 2 rings (SSSR count). The Kier molecular flexibility index (Phi) is 4.98. The number of benzene rings is 1. The van der Waals surface area contributed by atoms with Crippen molar-refractivity contribution in [2.45, 2.75) is 18.9 Å². The van der Waals surface area contributed by atoms with Crippen LogP contribution in [0.15, 0.2) is 24.3 Å². The number of hydrogen-bond acceptors (Lipinski definition) is 4. The summed E-state index contributed by atoms with van der Waals surface area (Å²) in [5.74, 6) is 0.229. The number of nitrogens with zero attached hydrogens (tertiary/aromatic N) is 1. The number of para-hydroxylation sites is 1. The molecule has 4 N–H and O–H groups in total. The second-order valence-electron chi connectivity index (χ2n) is 5.33. The molecule has 1 aliphatic rings. The largest absolute Gasteiger partial charge is 0.398 e. The highest BCUT2D eigenvalue weighted by Crippen LogP contribution is 2.23. The van der Waals surface area contributed by atoms with Crippen LogP contribution >= 0.6 is 0 Å². The normalized spacial score (nSPS) is 18.7. The Morgan fingerprint density at radius 1 is 1.45 bits per heavy atom. The maximum atomic E-state index is 11.6. The molecule has 1 aromatic carbocycles. The van der Waals surface area contributed by atoms with Crippen molar-refractivity contribution in [3.05, 3.63) is 29.8 Å². The second kappa shape index (κ2) is 6.72. The molecule has 1 saturated heterocycles. The quantitative estimate of drug-likeness (QED) is 0.710. The molecule has 5 nitrogen and oxygen atoms in total. The number of aliphatic hydroxyl groups is 1. The van der Waals surface area contributed by atoms with Crippen LogP contribution in [0, 0.1) is 5.92 Å². The van der Waals surface area contributed by atoms with E-state index in [-0.39, 0.29) is 11.8 Å². The molecule has 1 aromatic rings. The first kappa shape index (κ1) is 14.8. The molecule has 110 valence electrons. The summed E-state index contributed by atoms with van der Waals surface area (Å²) < 4.78 is 0. The molecule has 0 bridgehead atoms. The fourth-order valence-corrected chi connectivity index (χ4v) is 2.74. The van der Waals surface area contributed by atoms with Crippen molar-refractivity contribution >= 4 is 11.6 Å². The van der Waals surface area contributed by atoms with Crippen molar-refractivity contribution in [1.82, 2.24) is 10.2 Å². The minimum Gasteiger partial charge on any atom is -0.398 e. The van der Waals surface area contributed by atoms with Gasteiger partial charge in [-0.15, -0.1) is 0 Å². The van der Waals surface area contributed by atoms with Gasteiger partial charge in [-0.1, -0.05) is 18.2 Å². The van der Waals surface area contributed by atoms with E-state index in [9.17, 15) is 9.90 Å². The molecule has 0 aromatic heterocycles. The van der Waals surface area contributed by atoms with E-state index in [1.807, 2.05) is 18.2 Å². The van der Waals surface area contributed by atoms with Crippen LogP contribution in [0.1, 0.15) is 24.5 Å². The number of rotatable bonds is 4. The summed E-state index contributed by atoms with van der Waals surface area (Å²) in [7, 11) is 1.68. The summed E-state index contributed by atoms with van der Waals surface area (Å²) in [4.78, 5) is 13.8. The molecule has 1 fully saturated rings. The van der Waals surface area contributed by atoms with Crippen LogP contribution in [-0.2, 0) is 4.79 Å². The van der Waals surface area contributed by atoms with E-state index in [0.717, 1.165) is 31.5 Å². The molecular formula is C15H23N3O2. The maximum absolute atomic E-state index is 11.6. The number of nitrogen functional groups attached to an aromatic ring is 1. The molecule has 0 saturated carbocycles. The smallest absolute Gasteiger partial charge is 0.222 e. The van der Waals surface area contributed by atoms with Crippen LogP contribution in [-0.4, -0.2) is 42.6 Å². The molecule has 1 unspecified atom stereocenters. The molecule has 1 atom stereocenters. The number of amides is 1. The minimum absolute atomic E-state index is 0.107. The number of aliphatic hydroxyl groups excluding tert-OH is 1. The number of carbonyl (C=O) groups is 1. The molecule has 0 radical (unpaired) electrons. The second-order valence-corrected chi connectivity index (χ2v) is 5.33. The van der Waals surface area contributed by atoms with Crippen molar-refractivity contribution in [2.24, 2.45) is 5.92 Å². The Hall–Kier alpha value is -1.59. The van der Waals surface area contributed by atoms with Gasteiger partial charge < -0.3 is 21.1 Å². The number of nitrogens with two attached hydrogens (primary N) is 1. The first-order chi connectivity index (χ1) is 9.61. The molecule has 0 aliphatic carbocycles. The van der Waals surface area contributed by atoms with E-state index >= 15 is 0 Å². The first-order valence-electron chi connectivity index (χ1n) is 7.08. The van der Waals surface area contributed by atoms with Crippen molar-refractivity contribution in [3.63, 3.8) is 0 Å². The minimum atomic E-state index is -0.576. The van der Waals surface area contributed by atoms with E-state index < -0.39 is 6.10 Å². The summed E-state index contributed by atoms with van der Waals surface area (Å²) in [6, 6.07) is 7.40. The standard InChI is InChI=1S/C15H23N3O2/c1-17-15(20)11-6-8-18(9-7-11)10-14(19)12-4-2-3-5-13(12)16/h2-5,11,14,19H,6-10,16H2,1H3,(H,17,20). The lowest BCUT2D eigenvalue weighted by Gasteiger charge is -2.32. The van der Waals surface area contributed by atoms with Crippen LogP contribution < -0.4 is 11.1 Å². The lowest BCUT2D eigenvalue weighted by atomic mass is 9.95. The van der Waals surface area contributed by atoms with Gasteiger partial charge in [0, 0.05) is 30.8 Å². The Morgan fingerprint density at radius 2 is 2.10 bits per heavy atom. The summed E-state index contributed by atoms with van der Waals surface area (Å²) in [5.41, 5.74) is 7.28. The molecular weight excluding hydrogens is 254 g/mol. The molecule has 0 spiro atoms. The van der Waals surface area contributed by atoms with E-state index in [1.165, 1.54) is 0 Å². The van der Waals surface area contributed by atoms with E-state index in [0.29, 0.717) is 12.2 Å². The number of anilines is 1. The van der Waals surface area contributed by atoms with Crippen molar-refractivity contribution in [3.8, 4) is 0 Å². The van der Waals surface area contributed by atoms with Gasteiger partial charge in [0.15, 0.2) is 0 Å². The lowest BCUT2D eigenvalue weighted by Crippen LogP contribution is -2.41. The highest BCUT2D eigenvalue weighted by molar-refractivity contribution is 5.78. The van der Waals surface area contributed by atoms with Gasteiger partial charge in [-0.25, -0.2) is 0 Å². The maximum Gasteiger partial charge on any atom is 0.222 e. The third-order valence-corrected chi connectivity index (χ3v) is 3.99. The molecule has 20 heavy (non-hydrogen) atoms. The van der Waals surface area contributed by atoms with Crippen molar-refractivity contribution < 1.29 is 9.90 Å². The van der Waals surface area contributed by atoms with Gasteiger partial charge in [0.2, 0.25) is 5.91 Å². The molecule has 1 aliphatic heterocycles. The third kappa shape index (κ3) is 3.49. The van der Waals surface area contributed by atoms with Crippen molar-refractivity contribution in [1.29, 1.82) is 0 Å². The Labute approximate surface area is 119 Å². The van der Waals surface area contributed by atoms with Gasteiger partial charge in [-0.05, 0) is 32.0 Å². The Morgan fingerprint density at radius 3 is 2.70 bits per heavy atom. The summed E-state index contributed by atoms with van der Waals surface area (Å²) in [6.07, 6.45) is 1.11. The summed E-state index contributed by atoms with van der Waals surface area (Å²) in [5, 5.41) is 13.0.